The van der Waals surface area contributed by atoms with Gasteiger partial charge in [0.15, 0.2) is 5.89 Å². The van der Waals surface area contributed by atoms with E-state index in [4.69, 9.17) is 4.42 Å². The SMILES string of the molecule is CNCCCc1cnc(CC2CCCN2C(C)C)o1. The van der Waals surface area contributed by atoms with Crippen LogP contribution in [-0.2, 0) is 12.8 Å². The summed E-state index contributed by atoms with van der Waals surface area (Å²) in [6.07, 6.45) is 7.52. The summed E-state index contributed by atoms with van der Waals surface area (Å²) in [7, 11) is 1.98. The number of hydrogen-bond acceptors (Lipinski definition) is 4. The van der Waals surface area contributed by atoms with Gasteiger partial charge in [0.2, 0.25) is 0 Å². The lowest BCUT2D eigenvalue weighted by Gasteiger charge is -2.27. The van der Waals surface area contributed by atoms with E-state index in [1.807, 2.05) is 13.2 Å². The zero-order valence-corrected chi connectivity index (χ0v) is 12.5. The van der Waals surface area contributed by atoms with E-state index in [-0.39, 0.29) is 0 Å². The van der Waals surface area contributed by atoms with Crippen molar-refractivity contribution in [3.8, 4) is 0 Å². The van der Waals surface area contributed by atoms with Gasteiger partial charge >= 0.3 is 0 Å². The van der Waals surface area contributed by atoms with Crippen LogP contribution in [0.25, 0.3) is 0 Å². The zero-order valence-electron chi connectivity index (χ0n) is 12.5. The van der Waals surface area contributed by atoms with E-state index >= 15 is 0 Å². The van der Waals surface area contributed by atoms with E-state index in [9.17, 15) is 0 Å². The number of rotatable bonds is 7. The fourth-order valence-electron chi connectivity index (χ4n) is 2.96. The zero-order chi connectivity index (χ0) is 13.7. The first-order valence-corrected chi connectivity index (χ1v) is 7.54. The molecule has 2 heterocycles. The van der Waals surface area contributed by atoms with Crippen LogP contribution in [-0.4, -0.2) is 42.1 Å². The maximum atomic E-state index is 5.85. The lowest BCUT2D eigenvalue weighted by molar-refractivity contribution is 0.195. The van der Waals surface area contributed by atoms with Crippen molar-refractivity contribution < 1.29 is 4.42 Å². The Morgan fingerprint density at radius 1 is 1.53 bits per heavy atom. The maximum Gasteiger partial charge on any atom is 0.195 e. The van der Waals surface area contributed by atoms with E-state index in [1.165, 1.54) is 19.4 Å². The molecule has 0 spiro atoms. The van der Waals surface area contributed by atoms with Gasteiger partial charge in [0, 0.05) is 24.9 Å². The molecule has 0 bridgehead atoms. The molecule has 19 heavy (non-hydrogen) atoms. The van der Waals surface area contributed by atoms with Gasteiger partial charge < -0.3 is 9.73 Å². The molecule has 1 fully saturated rings. The Morgan fingerprint density at radius 3 is 3.11 bits per heavy atom. The van der Waals surface area contributed by atoms with Crippen LogP contribution in [0, 0.1) is 0 Å². The summed E-state index contributed by atoms with van der Waals surface area (Å²) in [5, 5.41) is 3.15. The molecule has 0 amide bonds. The van der Waals surface area contributed by atoms with E-state index in [0.29, 0.717) is 12.1 Å². The van der Waals surface area contributed by atoms with Crippen LogP contribution in [0.5, 0.6) is 0 Å². The molecule has 4 heteroatoms. The summed E-state index contributed by atoms with van der Waals surface area (Å²) >= 11 is 0. The summed E-state index contributed by atoms with van der Waals surface area (Å²) in [5.41, 5.74) is 0. The normalized spacial score (nSPS) is 20.5. The fraction of sp³-hybridized carbons (Fsp3) is 0.800. The molecule has 0 aliphatic carbocycles. The van der Waals surface area contributed by atoms with Crippen LogP contribution < -0.4 is 5.32 Å². The van der Waals surface area contributed by atoms with Crippen LogP contribution in [0.3, 0.4) is 0 Å². The molecule has 1 N–H and O–H groups in total. The molecule has 0 radical (unpaired) electrons. The van der Waals surface area contributed by atoms with Crippen molar-refractivity contribution in [2.45, 2.75) is 58.0 Å². The van der Waals surface area contributed by atoms with Gasteiger partial charge in [-0.05, 0) is 53.2 Å². The molecule has 0 saturated carbocycles. The number of aromatic nitrogens is 1. The molecule has 2 rings (SSSR count). The number of hydrogen-bond donors (Lipinski definition) is 1. The second-order valence-electron chi connectivity index (χ2n) is 5.76. The lowest BCUT2D eigenvalue weighted by atomic mass is 10.1. The standard InChI is InChI=1S/C15H27N3O/c1-12(2)18-9-5-6-13(18)10-15-17-11-14(19-15)7-4-8-16-3/h11-13,16H,4-10H2,1-3H3. The number of nitrogens with one attached hydrogen (secondary N) is 1. The molecule has 1 aromatic rings. The van der Waals surface area contributed by atoms with E-state index in [1.54, 1.807) is 0 Å². The Balaban J connectivity index is 1.85. The van der Waals surface area contributed by atoms with Crippen LogP contribution in [0.15, 0.2) is 10.6 Å². The molecule has 1 atom stereocenters. The van der Waals surface area contributed by atoms with E-state index in [0.717, 1.165) is 37.5 Å². The second kappa shape index (κ2) is 7.06. The van der Waals surface area contributed by atoms with Gasteiger partial charge in [0.25, 0.3) is 0 Å². The van der Waals surface area contributed by atoms with Crippen molar-refractivity contribution in [3.63, 3.8) is 0 Å². The molecule has 1 aromatic heterocycles. The predicted octanol–water partition coefficient (Wildman–Crippen LogP) is 2.24. The summed E-state index contributed by atoms with van der Waals surface area (Å²) in [6.45, 7) is 6.80. The third-order valence-corrected chi connectivity index (χ3v) is 3.95. The van der Waals surface area contributed by atoms with Crippen LogP contribution in [0.1, 0.15) is 44.8 Å². The smallest absolute Gasteiger partial charge is 0.195 e. The minimum Gasteiger partial charge on any atom is -0.446 e. The molecular formula is C15H27N3O. The highest BCUT2D eigenvalue weighted by Crippen LogP contribution is 2.23. The number of nitrogens with zero attached hydrogens (tertiary/aromatic N) is 2. The van der Waals surface area contributed by atoms with Crippen molar-refractivity contribution in [1.82, 2.24) is 15.2 Å². The Morgan fingerprint density at radius 2 is 2.37 bits per heavy atom. The first-order valence-electron chi connectivity index (χ1n) is 7.54. The average molecular weight is 265 g/mol. The van der Waals surface area contributed by atoms with Crippen molar-refractivity contribution in [1.29, 1.82) is 0 Å². The molecule has 4 nitrogen and oxygen atoms in total. The van der Waals surface area contributed by atoms with Gasteiger partial charge in [0.1, 0.15) is 5.76 Å². The van der Waals surface area contributed by atoms with Gasteiger partial charge in [0.05, 0.1) is 6.20 Å². The molecule has 1 unspecified atom stereocenters. The topological polar surface area (TPSA) is 41.3 Å². The van der Waals surface area contributed by atoms with Gasteiger partial charge in [-0.2, -0.15) is 0 Å². The largest absolute Gasteiger partial charge is 0.446 e. The molecule has 1 saturated heterocycles. The molecule has 1 aliphatic heterocycles. The predicted molar refractivity (Wildman–Crippen MR) is 77.3 cm³/mol. The van der Waals surface area contributed by atoms with Gasteiger partial charge in [-0.25, -0.2) is 4.98 Å². The van der Waals surface area contributed by atoms with Crippen molar-refractivity contribution in [2.24, 2.45) is 0 Å². The highest BCUT2D eigenvalue weighted by Gasteiger charge is 2.27. The highest BCUT2D eigenvalue weighted by atomic mass is 16.4. The Hall–Kier alpha value is -0.870. The fourth-order valence-corrected chi connectivity index (χ4v) is 2.96. The van der Waals surface area contributed by atoms with Crippen LogP contribution >= 0.6 is 0 Å². The lowest BCUT2D eigenvalue weighted by Crippen LogP contribution is -2.36. The Labute approximate surface area is 116 Å². The van der Waals surface area contributed by atoms with Crippen LogP contribution in [0.4, 0.5) is 0 Å². The third kappa shape index (κ3) is 4.05. The summed E-state index contributed by atoms with van der Waals surface area (Å²) in [5.74, 6) is 1.94. The Kier molecular flexibility index (Phi) is 5.40. The van der Waals surface area contributed by atoms with Gasteiger partial charge in [-0.3, -0.25) is 4.90 Å². The number of likely N-dealkylation sites (tertiary alicyclic amines) is 1. The van der Waals surface area contributed by atoms with Gasteiger partial charge in [-0.1, -0.05) is 0 Å². The minimum absolute atomic E-state index is 0.615. The van der Waals surface area contributed by atoms with Crippen LogP contribution in [0.2, 0.25) is 0 Å². The van der Waals surface area contributed by atoms with Crippen molar-refractivity contribution >= 4 is 0 Å². The third-order valence-electron chi connectivity index (χ3n) is 3.95. The molecule has 0 aromatic carbocycles. The highest BCUT2D eigenvalue weighted by molar-refractivity contribution is 4.97. The number of oxazole rings is 1. The van der Waals surface area contributed by atoms with Crippen molar-refractivity contribution in [2.75, 3.05) is 20.1 Å². The maximum absolute atomic E-state index is 5.85. The molecule has 108 valence electrons. The molecule has 1 aliphatic rings. The second-order valence-corrected chi connectivity index (χ2v) is 5.76. The monoisotopic (exact) mass is 265 g/mol. The quantitative estimate of drug-likeness (QED) is 0.768. The van der Waals surface area contributed by atoms with E-state index in [2.05, 4.69) is 29.0 Å². The average Bonchev–Trinajstić information content (AvgIpc) is 2.99. The summed E-state index contributed by atoms with van der Waals surface area (Å²) < 4.78 is 5.85. The first-order chi connectivity index (χ1) is 9.20. The summed E-state index contributed by atoms with van der Waals surface area (Å²) in [6, 6.07) is 1.24. The van der Waals surface area contributed by atoms with E-state index < -0.39 is 0 Å². The minimum atomic E-state index is 0.615. The summed E-state index contributed by atoms with van der Waals surface area (Å²) in [4.78, 5) is 7.01. The Bertz CT molecular complexity index is 375. The van der Waals surface area contributed by atoms with Gasteiger partial charge in [-0.15, -0.1) is 0 Å². The molecular weight excluding hydrogens is 238 g/mol. The first kappa shape index (κ1) is 14.5. The van der Waals surface area contributed by atoms with Crippen molar-refractivity contribution in [3.05, 3.63) is 17.8 Å². The number of aryl methyl sites for hydroxylation is 1.